The first-order chi connectivity index (χ1) is 10.1. The predicted molar refractivity (Wildman–Crippen MR) is 83.9 cm³/mol. The van der Waals surface area contributed by atoms with Crippen LogP contribution in [0.2, 0.25) is 0 Å². The number of esters is 1. The van der Waals surface area contributed by atoms with Gasteiger partial charge in [0.25, 0.3) is 0 Å². The number of hydrogen-bond acceptors (Lipinski definition) is 6. The number of carbonyl (C=O) groups excluding carboxylic acids is 1. The lowest BCUT2D eigenvalue weighted by molar-refractivity contribution is -0.142. The highest BCUT2D eigenvalue weighted by molar-refractivity contribution is 7.18. The van der Waals surface area contributed by atoms with Crippen molar-refractivity contribution in [1.82, 2.24) is 9.97 Å². The minimum atomic E-state index is -0.235. The summed E-state index contributed by atoms with van der Waals surface area (Å²) >= 11 is 1.68. The molecule has 21 heavy (non-hydrogen) atoms. The minimum Gasteiger partial charge on any atom is -0.467 e. The third kappa shape index (κ3) is 2.37. The Hall–Kier alpha value is -1.69. The van der Waals surface area contributed by atoms with Crippen LogP contribution in [-0.2, 0) is 9.53 Å². The Bertz CT molecular complexity index is 683. The van der Waals surface area contributed by atoms with Gasteiger partial charge >= 0.3 is 5.97 Å². The molecule has 3 rings (SSSR count). The standard InChI is InChI=1S/C15H19N3O2S/c1-9-10(2)21-14-12(9)13(16-8-17-14)18-7-5-4-6-11(18)15(19)20-3/h8,11H,4-7H2,1-3H3. The highest BCUT2D eigenvalue weighted by Gasteiger charge is 2.32. The maximum absolute atomic E-state index is 12.1. The van der Waals surface area contributed by atoms with Gasteiger partial charge in [-0.3, -0.25) is 0 Å². The number of fused-ring (bicyclic) bond motifs is 1. The number of piperidine rings is 1. The number of ether oxygens (including phenoxy) is 1. The van der Waals surface area contributed by atoms with Gasteiger partial charge < -0.3 is 9.64 Å². The van der Waals surface area contributed by atoms with Gasteiger partial charge in [0.15, 0.2) is 0 Å². The molecule has 0 saturated carbocycles. The van der Waals surface area contributed by atoms with E-state index in [2.05, 4.69) is 28.7 Å². The topological polar surface area (TPSA) is 55.3 Å². The number of carbonyl (C=O) groups is 1. The summed E-state index contributed by atoms with van der Waals surface area (Å²) in [5, 5.41) is 1.08. The van der Waals surface area contributed by atoms with E-state index < -0.39 is 0 Å². The highest BCUT2D eigenvalue weighted by Crippen LogP contribution is 2.36. The van der Waals surface area contributed by atoms with Gasteiger partial charge in [-0.25, -0.2) is 14.8 Å². The Balaban J connectivity index is 2.11. The fourth-order valence-electron chi connectivity index (χ4n) is 2.95. The van der Waals surface area contributed by atoms with E-state index in [-0.39, 0.29) is 12.0 Å². The fourth-order valence-corrected chi connectivity index (χ4v) is 3.94. The number of methoxy groups -OCH3 is 1. The molecule has 0 amide bonds. The Morgan fingerprint density at radius 2 is 2.19 bits per heavy atom. The first kappa shape index (κ1) is 14.3. The molecule has 1 aliphatic rings. The van der Waals surface area contributed by atoms with E-state index in [1.807, 2.05) is 0 Å². The van der Waals surface area contributed by atoms with Crippen molar-refractivity contribution in [2.45, 2.75) is 39.2 Å². The molecule has 0 bridgehead atoms. The third-order valence-electron chi connectivity index (χ3n) is 4.19. The number of aromatic nitrogens is 2. The molecule has 3 heterocycles. The molecule has 0 spiro atoms. The van der Waals surface area contributed by atoms with E-state index in [1.165, 1.54) is 17.6 Å². The van der Waals surface area contributed by atoms with Gasteiger partial charge in [0.1, 0.15) is 23.0 Å². The van der Waals surface area contributed by atoms with Crippen LogP contribution in [0.4, 0.5) is 5.82 Å². The molecular weight excluding hydrogens is 286 g/mol. The van der Waals surface area contributed by atoms with Gasteiger partial charge in [0, 0.05) is 11.4 Å². The van der Waals surface area contributed by atoms with Crippen LogP contribution in [0, 0.1) is 13.8 Å². The monoisotopic (exact) mass is 305 g/mol. The van der Waals surface area contributed by atoms with Gasteiger partial charge in [-0.1, -0.05) is 0 Å². The first-order valence-corrected chi connectivity index (χ1v) is 8.00. The summed E-state index contributed by atoms with van der Waals surface area (Å²) in [7, 11) is 1.45. The quantitative estimate of drug-likeness (QED) is 0.799. The van der Waals surface area contributed by atoms with Crippen molar-refractivity contribution in [3.05, 3.63) is 16.8 Å². The number of nitrogens with zero attached hydrogens (tertiary/aromatic N) is 3. The number of thiophene rings is 1. The Morgan fingerprint density at radius 1 is 1.38 bits per heavy atom. The molecule has 0 radical (unpaired) electrons. The van der Waals surface area contributed by atoms with Crippen LogP contribution < -0.4 is 4.90 Å². The summed E-state index contributed by atoms with van der Waals surface area (Å²) in [4.78, 5) is 25.3. The SMILES string of the molecule is COC(=O)C1CCCCN1c1ncnc2sc(C)c(C)c12. The highest BCUT2D eigenvalue weighted by atomic mass is 32.1. The summed E-state index contributed by atoms with van der Waals surface area (Å²) in [5.41, 5.74) is 1.21. The van der Waals surface area contributed by atoms with E-state index >= 15 is 0 Å². The zero-order valence-electron chi connectivity index (χ0n) is 12.5. The van der Waals surface area contributed by atoms with Crippen molar-refractivity contribution >= 4 is 33.3 Å². The molecule has 0 N–H and O–H groups in total. The molecule has 1 aliphatic heterocycles. The van der Waals surface area contributed by atoms with Gasteiger partial charge in [-0.15, -0.1) is 11.3 Å². The lowest BCUT2D eigenvalue weighted by Gasteiger charge is -2.35. The van der Waals surface area contributed by atoms with Gasteiger partial charge in [-0.2, -0.15) is 0 Å². The zero-order valence-corrected chi connectivity index (χ0v) is 13.4. The average Bonchev–Trinajstić information content (AvgIpc) is 2.81. The maximum Gasteiger partial charge on any atom is 0.328 e. The van der Waals surface area contributed by atoms with E-state index in [1.54, 1.807) is 17.7 Å². The van der Waals surface area contributed by atoms with Crippen LogP contribution in [0.25, 0.3) is 10.2 Å². The van der Waals surface area contributed by atoms with Crippen LogP contribution in [0.15, 0.2) is 6.33 Å². The van der Waals surface area contributed by atoms with E-state index in [9.17, 15) is 4.79 Å². The lowest BCUT2D eigenvalue weighted by atomic mass is 10.0. The Kier molecular flexibility index (Phi) is 3.80. The summed E-state index contributed by atoms with van der Waals surface area (Å²) in [5.74, 6) is 0.697. The molecule has 1 fully saturated rings. The van der Waals surface area contributed by atoms with Crippen molar-refractivity contribution < 1.29 is 9.53 Å². The summed E-state index contributed by atoms with van der Waals surface area (Å²) in [6.07, 6.45) is 4.53. The average molecular weight is 305 g/mol. The summed E-state index contributed by atoms with van der Waals surface area (Å²) < 4.78 is 4.97. The summed E-state index contributed by atoms with van der Waals surface area (Å²) in [6.45, 7) is 5.03. The maximum atomic E-state index is 12.1. The number of rotatable bonds is 2. The molecule has 5 nitrogen and oxygen atoms in total. The second-order valence-electron chi connectivity index (χ2n) is 5.39. The van der Waals surface area contributed by atoms with Crippen molar-refractivity contribution in [1.29, 1.82) is 0 Å². The smallest absolute Gasteiger partial charge is 0.328 e. The largest absolute Gasteiger partial charge is 0.467 e. The predicted octanol–water partition coefficient (Wildman–Crippen LogP) is 2.84. The second-order valence-corrected chi connectivity index (χ2v) is 6.59. The molecule has 1 saturated heterocycles. The first-order valence-electron chi connectivity index (χ1n) is 7.18. The molecule has 0 aliphatic carbocycles. The van der Waals surface area contributed by atoms with Gasteiger partial charge in [0.05, 0.1) is 12.5 Å². The molecule has 2 aromatic heterocycles. The molecule has 112 valence electrons. The molecule has 2 aromatic rings. The Labute approximate surface area is 128 Å². The molecule has 0 aromatic carbocycles. The van der Waals surface area contributed by atoms with E-state index in [0.29, 0.717) is 0 Å². The number of anilines is 1. The van der Waals surface area contributed by atoms with Crippen LogP contribution in [0.3, 0.4) is 0 Å². The molecule has 1 atom stereocenters. The minimum absolute atomic E-state index is 0.175. The fraction of sp³-hybridized carbons (Fsp3) is 0.533. The summed E-state index contributed by atoms with van der Waals surface area (Å²) in [6, 6.07) is -0.235. The van der Waals surface area contributed by atoms with Crippen LogP contribution in [0.5, 0.6) is 0 Å². The number of aryl methyl sites for hydroxylation is 2. The Morgan fingerprint density at radius 3 is 2.95 bits per heavy atom. The van der Waals surface area contributed by atoms with Gasteiger partial charge in [0.2, 0.25) is 0 Å². The van der Waals surface area contributed by atoms with Gasteiger partial charge in [-0.05, 0) is 38.7 Å². The van der Waals surface area contributed by atoms with Crippen molar-refractivity contribution in [3.63, 3.8) is 0 Å². The van der Waals surface area contributed by atoms with E-state index in [0.717, 1.165) is 41.8 Å². The lowest BCUT2D eigenvalue weighted by Crippen LogP contribution is -2.45. The normalized spacial score (nSPS) is 19.0. The van der Waals surface area contributed by atoms with Crippen LogP contribution in [-0.4, -0.2) is 35.6 Å². The van der Waals surface area contributed by atoms with Crippen LogP contribution >= 0.6 is 11.3 Å². The van der Waals surface area contributed by atoms with Crippen molar-refractivity contribution in [2.75, 3.05) is 18.6 Å². The van der Waals surface area contributed by atoms with E-state index in [4.69, 9.17) is 4.74 Å². The van der Waals surface area contributed by atoms with Crippen LogP contribution in [0.1, 0.15) is 29.7 Å². The number of hydrogen-bond donors (Lipinski definition) is 0. The second kappa shape index (κ2) is 5.60. The third-order valence-corrected chi connectivity index (χ3v) is 5.31. The van der Waals surface area contributed by atoms with Crippen molar-refractivity contribution in [3.8, 4) is 0 Å². The molecular formula is C15H19N3O2S. The molecule has 1 unspecified atom stereocenters. The molecule has 6 heteroatoms. The zero-order chi connectivity index (χ0) is 15.0. The van der Waals surface area contributed by atoms with Crippen molar-refractivity contribution in [2.24, 2.45) is 0 Å².